The van der Waals surface area contributed by atoms with E-state index >= 15 is 0 Å². The third-order valence-electron chi connectivity index (χ3n) is 2.39. The monoisotopic (exact) mass is 353 g/mol. The first-order valence-corrected chi connectivity index (χ1v) is 6.43. The molecule has 0 saturated carbocycles. The minimum atomic E-state index is 0.286. The number of methoxy groups -OCH3 is 1. The fourth-order valence-electron chi connectivity index (χ4n) is 1.44. The SMILES string of the molecule is COc1cccc(N=Cc2ccc(O)c(I)c2)c1. The molecule has 0 radical (unpaired) electrons. The van der Waals surface area contributed by atoms with Gasteiger partial charge in [-0.05, 0) is 58.5 Å². The molecule has 0 aromatic heterocycles. The fraction of sp³-hybridized carbons (Fsp3) is 0.0714. The number of hydrogen-bond acceptors (Lipinski definition) is 3. The Morgan fingerprint density at radius 3 is 2.78 bits per heavy atom. The summed E-state index contributed by atoms with van der Waals surface area (Å²) < 4.78 is 5.94. The molecule has 2 rings (SSSR count). The Kier molecular flexibility index (Phi) is 4.19. The highest BCUT2D eigenvalue weighted by molar-refractivity contribution is 14.1. The number of benzene rings is 2. The maximum atomic E-state index is 9.43. The van der Waals surface area contributed by atoms with Crippen LogP contribution in [0.3, 0.4) is 0 Å². The van der Waals surface area contributed by atoms with Gasteiger partial charge in [-0.15, -0.1) is 0 Å². The Balaban J connectivity index is 2.21. The summed E-state index contributed by atoms with van der Waals surface area (Å²) in [7, 11) is 1.63. The molecule has 0 bridgehead atoms. The van der Waals surface area contributed by atoms with Gasteiger partial charge in [0.05, 0.1) is 16.4 Å². The summed E-state index contributed by atoms with van der Waals surface area (Å²) in [5.41, 5.74) is 1.78. The average Bonchev–Trinajstić information content (AvgIpc) is 2.40. The minimum Gasteiger partial charge on any atom is -0.507 e. The second kappa shape index (κ2) is 5.86. The Morgan fingerprint density at radius 2 is 2.06 bits per heavy atom. The molecule has 2 aromatic rings. The van der Waals surface area contributed by atoms with Crippen LogP contribution >= 0.6 is 22.6 Å². The third kappa shape index (κ3) is 3.22. The number of phenols is 1. The van der Waals surface area contributed by atoms with E-state index < -0.39 is 0 Å². The lowest BCUT2D eigenvalue weighted by Gasteiger charge is -2.00. The molecule has 0 aliphatic rings. The Labute approximate surface area is 119 Å². The zero-order valence-electron chi connectivity index (χ0n) is 9.80. The van der Waals surface area contributed by atoms with Crippen LogP contribution in [0.1, 0.15) is 5.56 Å². The number of halogens is 1. The summed E-state index contributed by atoms with van der Waals surface area (Å²) >= 11 is 2.08. The molecule has 0 unspecified atom stereocenters. The zero-order valence-corrected chi connectivity index (χ0v) is 12.0. The van der Waals surface area contributed by atoms with Gasteiger partial charge in [0, 0.05) is 12.3 Å². The van der Waals surface area contributed by atoms with Crippen molar-refractivity contribution >= 4 is 34.5 Å². The van der Waals surface area contributed by atoms with E-state index in [0.29, 0.717) is 0 Å². The van der Waals surface area contributed by atoms with Crippen molar-refractivity contribution in [3.63, 3.8) is 0 Å². The molecule has 92 valence electrons. The maximum Gasteiger partial charge on any atom is 0.128 e. The summed E-state index contributed by atoms with van der Waals surface area (Å²) in [6.45, 7) is 0. The highest BCUT2D eigenvalue weighted by atomic mass is 127. The first kappa shape index (κ1) is 12.9. The molecule has 0 amide bonds. The first-order chi connectivity index (χ1) is 8.69. The minimum absolute atomic E-state index is 0.286. The van der Waals surface area contributed by atoms with Gasteiger partial charge in [0.25, 0.3) is 0 Å². The number of ether oxygens (including phenoxy) is 1. The molecular weight excluding hydrogens is 341 g/mol. The Hall–Kier alpha value is -1.56. The molecule has 0 aliphatic carbocycles. The number of phenolic OH excluding ortho intramolecular Hbond substituents is 1. The zero-order chi connectivity index (χ0) is 13.0. The van der Waals surface area contributed by atoms with E-state index in [9.17, 15) is 5.11 Å². The van der Waals surface area contributed by atoms with Gasteiger partial charge in [-0.2, -0.15) is 0 Å². The highest BCUT2D eigenvalue weighted by Crippen LogP contribution is 2.21. The lowest BCUT2D eigenvalue weighted by molar-refractivity contribution is 0.415. The van der Waals surface area contributed by atoms with Crippen molar-refractivity contribution in [3.8, 4) is 11.5 Å². The topological polar surface area (TPSA) is 41.8 Å². The van der Waals surface area contributed by atoms with Crippen LogP contribution < -0.4 is 4.74 Å². The fourth-order valence-corrected chi connectivity index (χ4v) is 1.98. The average molecular weight is 353 g/mol. The van der Waals surface area contributed by atoms with Gasteiger partial charge in [0.15, 0.2) is 0 Å². The van der Waals surface area contributed by atoms with Gasteiger partial charge in [-0.25, -0.2) is 0 Å². The molecule has 0 saturated heterocycles. The number of rotatable bonds is 3. The third-order valence-corrected chi connectivity index (χ3v) is 3.25. The van der Waals surface area contributed by atoms with Crippen molar-refractivity contribution in [2.24, 2.45) is 4.99 Å². The molecule has 3 nitrogen and oxygen atoms in total. The summed E-state index contributed by atoms with van der Waals surface area (Å²) in [6.07, 6.45) is 1.76. The number of nitrogens with zero attached hydrogens (tertiary/aromatic N) is 1. The molecule has 0 fully saturated rings. The molecule has 0 spiro atoms. The molecule has 18 heavy (non-hydrogen) atoms. The van der Waals surface area contributed by atoms with Gasteiger partial charge < -0.3 is 9.84 Å². The lowest BCUT2D eigenvalue weighted by Crippen LogP contribution is -1.83. The van der Waals surface area contributed by atoms with Crippen LogP contribution in [0.2, 0.25) is 0 Å². The largest absolute Gasteiger partial charge is 0.507 e. The Bertz CT molecular complexity index is 582. The van der Waals surface area contributed by atoms with E-state index in [1.807, 2.05) is 36.4 Å². The summed E-state index contributed by atoms with van der Waals surface area (Å²) in [4.78, 5) is 4.37. The van der Waals surface area contributed by atoms with Crippen molar-refractivity contribution in [3.05, 3.63) is 51.6 Å². The van der Waals surface area contributed by atoms with Crippen LogP contribution in [0, 0.1) is 3.57 Å². The molecule has 0 aliphatic heterocycles. The van der Waals surface area contributed by atoms with E-state index in [0.717, 1.165) is 20.6 Å². The van der Waals surface area contributed by atoms with E-state index in [4.69, 9.17) is 4.74 Å². The maximum absolute atomic E-state index is 9.43. The van der Waals surface area contributed by atoms with Crippen LogP contribution in [0.15, 0.2) is 47.5 Å². The molecule has 1 N–H and O–H groups in total. The summed E-state index contributed by atoms with van der Waals surface area (Å²) in [5, 5.41) is 9.43. The molecule has 2 aromatic carbocycles. The predicted octanol–water partition coefficient (Wildman–Crippen LogP) is 3.76. The molecule has 4 heteroatoms. The highest BCUT2D eigenvalue weighted by Gasteiger charge is 1.97. The number of hydrogen-bond donors (Lipinski definition) is 1. The van der Waals surface area contributed by atoms with Gasteiger partial charge in [-0.3, -0.25) is 4.99 Å². The van der Waals surface area contributed by atoms with Crippen LogP contribution in [0.4, 0.5) is 5.69 Å². The summed E-state index contributed by atoms with van der Waals surface area (Å²) in [6, 6.07) is 12.9. The van der Waals surface area contributed by atoms with Crippen molar-refractivity contribution < 1.29 is 9.84 Å². The first-order valence-electron chi connectivity index (χ1n) is 5.35. The smallest absolute Gasteiger partial charge is 0.128 e. The molecule has 0 atom stereocenters. The second-order valence-corrected chi connectivity index (χ2v) is 4.83. The number of aromatic hydroxyl groups is 1. The van der Waals surface area contributed by atoms with Crippen LogP contribution in [0.25, 0.3) is 0 Å². The summed E-state index contributed by atoms with van der Waals surface area (Å²) in [5.74, 6) is 1.07. The van der Waals surface area contributed by atoms with Crippen molar-refractivity contribution in [1.82, 2.24) is 0 Å². The molecule has 0 heterocycles. The van der Waals surface area contributed by atoms with E-state index in [1.54, 1.807) is 19.4 Å². The van der Waals surface area contributed by atoms with Gasteiger partial charge in [0.2, 0.25) is 0 Å². The van der Waals surface area contributed by atoms with E-state index in [1.165, 1.54) is 0 Å². The van der Waals surface area contributed by atoms with Gasteiger partial charge in [0.1, 0.15) is 11.5 Å². The van der Waals surface area contributed by atoms with E-state index in [-0.39, 0.29) is 5.75 Å². The van der Waals surface area contributed by atoms with Crippen LogP contribution in [-0.4, -0.2) is 18.4 Å². The quantitative estimate of drug-likeness (QED) is 0.675. The van der Waals surface area contributed by atoms with Crippen molar-refractivity contribution in [1.29, 1.82) is 0 Å². The standard InChI is InChI=1S/C14H12INO2/c1-18-12-4-2-3-11(8-12)16-9-10-5-6-14(17)13(15)7-10/h2-9,17H,1H3. The van der Waals surface area contributed by atoms with Crippen LogP contribution in [0.5, 0.6) is 11.5 Å². The van der Waals surface area contributed by atoms with Crippen molar-refractivity contribution in [2.45, 2.75) is 0 Å². The van der Waals surface area contributed by atoms with E-state index in [2.05, 4.69) is 27.6 Å². The molecular formula is C14H12INO2. The normalized spacial score (nSPS) is 10.8. The predicted molar refractivity (Wildman–Crippen MR) is 81.1 cm³/mol. The van der Waals surface area contributed by atoms with Gasteiger partial charge >= 0.3 is 0 Å². The second-order valence-electron chi connectivity index (χ2n) is 3.67. The lowest BCUT2D eigenvalue weighted by atomic mass is 10.2. The van der Waals surface area contributed by atoms with Crippen molar-refractivity contribution in [2.75, 3.05) is 7.11 Å². The van der Waals surface area contributed by atoms with Crippen LogP contribution in [-0.2, 0) is 0 Å². The van der Waals surface area contributed by atoms with Gasteiger partial charge in [-0.1, -0.05) is 6.07 Å². The number of aliphatic imine (C=N–C) groups is 1. The Morgan fingerprint density at radius 1 is 1.22 bits per heavy atom.